The highest BCUT2D eigenvalue weighted by Gasteiger charge is 2.25. The zero-order chi connectivity index (χ0) is 13.0. The van der Waals surface area contributed by atoms with Crippen LogP contribution in [0.5, 0.6) is 0 Å². The van der Waals surface area contributed by atoms with Gasteiger partial charge >= 0.3 is 0 Å². The summed E-state index contributed by atoms with van der Waals surface area (Å²) in [5.41, 5.74) is 7.55. The summed E-state index contributed by atoms with van der Waals surface area (Å²) >= 11 is 3.57. The van der Waals surface area contributed by atoms with E-state index in [4.69, 9.17) is 10.5 Å². The molecule has 3 nitrogen and oxygen atoms in total. The van der Waals surface area contributed by atoms with Gasteiger partial charge < -0.3 is 10.5 Å². The van der Waals surface area contributed by atoms with Crippen LogP contribution in [0.25, 0.3) is 0 Å². The second-order valence-corrected chi connectivity index (χ2v) is 5.62. The fraction of sp³-hybridized carbons (Fsp3) is 0.571. The van der Waals surface area contributed by atoms with E-state index in [-0.39, 0.29) is 12.1 Å². The fourth-order valence-corrected chi connectivity index (χ4v) is 2.77. The van der Waals surface area contributed by atoms with Crippen molar-refractivity contribution < 1.29 is 4.74 Å². The summed E-state index contributed by atoms with van der Waals surface area (Å²) in [5, 5.41) is 0. The molecule has 0 aliphatic carbocycles. The van der Waals surface area contributed by atoms with Crippen molar-refractivity contribution in [3.05, 3.63) is 34.3 Å². The van der Waals surface area contributed by atoms with E-state index < -0.39 is 0 Å². The SMILES string of the molecule is CCN1CCOC(C(N)Cc2ccccc2Br)C1. The molecule has 2 N–H and O–H groups in total. The maximum atomic E-state index is 6.29. The summed E-state index contributed by atoms with van der Waals surface area (Å²) in [6, 6.07) is 8.30. The van der Waals surface area contributed by atoms with Gasteiger partial charge in [-0.3, -0.25) is 4.90 Å². The van der Waals surface area contributed by atoms with E-state index in [0.29, 0.717) is 0 Å². The van der Waals surface area contributed by atoms with E-state index in [0.717, 1.165) is 37.1 Å². The van der Waals surface area contributed by atoms with Gasteiger partial charge in [-0.25, -0.2) is 0 Å². The molecule has 1 aromatic carbocycles. The molecule has 100 valence electrons. The molecule has 0 saturated carbocycles. The molecule has 1 aromatic rings. The summed E-state index contributed by atoms with van der Waals surface area (Å²) < 4.78 is 6.93. The number of ether oxygens (including phenoxy) is 1. The van der Waals surface area contributed by atoms with Gasteiger partial charge in [0.05, 0.1) is 12.7 Å². The number of hydrogen-bond acceptors (Lipinski definition) is 3. The van der Waals surface area contributed by atoms with Crippen LogP contribution in [-0.4, -0.2) is 43.3 Å². The Morgan fingerprint density at radius 1 is 1.50 bits per heavy atom. The third-order valence-electron chi connectivity index (χ3n) is 3.52. The number of nitrogens with zero attached hydrogens (tertiary/aromatic N) is 1. The first-order valence-electron chi connectivity index (χ1n) is 6.53. The molecule has 1 aliphatic rings. The third-order valence-corrected chi connectivity index (χ3v) is 4.29. The number of hydrogen-bond donors (Lipinski definition) is 1. The van der Waals surface area contributed by atoms with E-state index in [1.54, 1.807) is 0 Å². The highest BCUT2D eigenvalue weighted by Crippen LogP contribution is 2.19. The second-order valence-electron chi connectivity index (χ2n) is 4.76. The molecule has 2 unspecified atom stereocenters. The normalized spacial score (nSPS) is 22.9. The summed E-state index contributed by atoms with van der Waals surface area (Å²) in [6.45, 7) is 6.02. The first-order chi connectivity index (χ1) is 8.70. The van der Waals surface area contributed by atoms with Crippen molar-refractivity contribution in [1.29, 1.82) is 0 Å². The maximum absolute atomic E-state index is 6.29. The van der Waals surface area contributed by atoms with Crippen molar-refractivity contribution in [1.82, 2.24) is 4.90 Å². The molecule has 1 aliphatic heterocycles. The van der Waals surface area contributed by atoms with Crippen LogP contribution in [0.2, 0.25) is 0 Å². The molecule has 0 aromatic heterocycles. The number of nitrogens with two attached hydrogens (primary N) is 1. The van der Waals surface area contributed by atoms with Crippen LogP contribution >= 0.6 is 15.9 Å². The summed E-state index contributed by atoms with van der Waals surface area (Å²) in [5.74, 6) is 0. The average molecular weight is 313 g/mol. The zero-order valence-corrected chi connectivity index (χ0v) is 12.4. The number of rotatable bonds is 4. The summed E-state index contributed by atoms with van der Waals surface area (Å²) in [4.78, 5) is 2.40. The fourth-order valence-electron chi connectivity index (χ4n) is 2.33. The summed E-state index contributed by atoms with van der Waals surface area (Å²) in [6.07, 6.45) is 0.995. The molecular formula is C14H21BrN2O. The molecule has 1 saturated heterocycles. The molecule has 1 fully saturated rings. The van der Waals surface area contributed by atoms with Gasteiger partial charge in [-0.1, -0.05) is 41.1 Å². The van der Waals surface area contributed by atoms with Gasteiger partial charge in [0.1, 0.15) is 0 Å². The van der Waals surface area contributed by atoms with Gasteiger partial charge in [0, 0.05) is 23.6 Å². The van der Waals surface area contributed by atoms with Gasteiger partial charge in [0.15, 0.2) is 0 Å². The Kier molecular flexibility index (Phi) is 5.18. The lowest BCUT2D eigenvalue weighted by atomic mass is 10.0. The highest BCUT2D eigenvalue weighted by molar-refractivity contribution is 9.10. The third kappa shape index (κ3) is 3.54. The maximum Gasteiger partial charge on any atom is 0.0856 e. The average Bonchev–Trinajstić information content (AvgIpc) is 2.41. The number of morpholine rings is 1. The van der Waals surface area contributed by atoms with Crippen LogP contribution < -0.4 is 5.73 Å². The van der Waals surface area contributed by atoms with Crippen LogP contribution in [0, 0.1) is 0 Å². The van der Waals surface area contributed by atoms with E-state index in [1.807, 2.05) is 12.1 Å². The molecule has 0 spiro atoms. The van der Waals surface area contributed by atoms with Crippen LogP contribution in [0.3, 0.4) is 0 Å². The van der Waals surface area contributed by atoms with Crippen LogP contribution in [-0.2, 0) is 11.2 Å². The number of halogens is 1. The van der Waals surface area contributed by atoms with Gasteiger partial charge in [0.25, 0.3) is 0 Å². The Morgan fingerprint density at radius 3 is 3.00 bits per heavy atom. The lowest BCUT2D eigenvalue weighted by molar-refractivity contribution is -0.0385. The van der Waals surface area contributed by atoms with Crippen LogP contribution in [0.4, 0.5) is 0 Å². The molecular weight excluding hydrogens is 292 g/mol. The molecule has 18 heavy (non-hydrogen) atoms. The minimum absolute atomic E-state index is 0.0537. The van der Waals surface area contributed by atoms with E-state index in [9.17, 15) is 0 Å². The minimum atomic E-state index is 0.0537. The molecule has 2 rings (SSSR count). The summed E-state index contributed by atoms with van der Waals surface area (Å²) in [7, 11) is 0. The quantitative estimate of drug-likeness (QED) is 0.924. The van der Waals surface area contributed by atoms with E-state index in [1.165, 1.54) is 5.56 Å². The van der Waals surface area contributed by atoms with Crippen molar-refractivity contribution in [3.63, 3.8) is 0 Å². The smallest absolute Gasteiger partial charge is 0.0856 e. The van der Waals surface area contributed by atoms with Crippen molar-refractivity contribution in [2.45, 2.75) is 25.5 Å². The van der Waals surface area contributed by atoms with Gasteiger partial charge in [-0.15, -0.1) is 0 Å². The standard InChI is InChI=1S/C14H21BrN2O/c1-2-17-7-8-18-14(10-17)13(16)9-11-5-3-4-6-12(11)15/h3-6,13-14H,2,7-10,16H2,1H3. The topological polar surface area (TPSA) is 38.5 Å². The Balaban J connectivity index is 1.95. The molecule has 0 amide bonds. The Morgan fingerprint density at radius 2 is 2.28 bits per heavy atom. The number of likely N-dealkylation sites (N-methyl/N-ethyl adjacent to an activating group) is 1. The van der Waals surface area contributed by atoms with Crippen molar-refractivity contribution in [2.75, 3.05) is 26.2 Å². The zero-order valence-electron chi connectivity index (χ0n) is 10.8. The van der Waals surface area contributed by atoms with E-state index >= 15 is 0 Å². The van der Waals surface area contributed by atoms with Gasteiger partial charge in [0.2, 0.25) is 0 Å². The molecule has 2 atom stereocenters. The molecule has 4 heteroatoms. The first kappa shape index (κ1) is 14.0. The lowest BCUT2D eigenvalue weighted by Crippen LogP contribution is -2.51. The predicted molar refractivity (Wildman–Crippen MR) is 77.7 cm³/mol. The highest BCUT2D eigenvalue weighted by atomic mass is 79.9. The largest absolute Gasteiger partial charge is 0.374 e. The van der Waals surface area contributed by atoms with Crippen molar-refractivity contribution in [2.24, 2.45) is 5.73 Å². The first-order valence-corrected chi connectivity index (χ1v) is 7.33. The Hall–Kier alpha value is -0.420. The van der Waals surface area contributed by atoms with Crippen molar-refractivity contribution in [3.8, 4) is 0 Å². The molecule has 0 bridgehead atoms. The predicted octanol–water partition coefficient (Wildman–Crippen LogP) is 2.04. The van der Waals surface area contributed by atoms with Crippen molar-refractivity contribution >= 4 is 15.9 Å². The second kappa shape index (κ2) is 6.66. The van der Waals surface area contributed by atoms with Crippen LogP contribution in [0.15, 0.2) is 28.7 Å². The van der Waals surface area contributed by atoms with Crippen LogP contribution in [0.1, 0.15) is 12.5 Å². The minimum Gasteiger partial charge on any atom is -0.374 e. The number of benzene rings is 1. The molecule has 1 heterocycles. The molecule has 0 radical (unpaired) electrons. The Labute approximate surface area is 117 Å². The Bertz CT molecular complexity index is 386. The lowest BCUT2D eigenvalue weighted by Gasteiger charge is -2.35. The van der Waals surface area contributed by atoms with E-state index in [2.05, 4.69) is 39.9 Å². The monoisotopic (exact) mass is 312 g/mol. The van der Waals surface area contributed by atoms with Gasteiger partial charge in [-0.05, 0) is 24.6 Å². The van der Waals surface area contributed by atoms with Gasteiger partial charge in [-0.2, -0.15) is 0 Å².